The number of hydrogen-bond donors (Lipinski definition) is 2. The SMILES string of the molecule is CC(C)CNCC(O)CN(C)C1CCSC1. The highest BCUT2D eigenvalue weighted by Crippen LogP contribution is 2.21. The van der Waals surface area contributed by atoms with E-state index in [-0.39, 0.29) is 6.10 Å². The quantitative estimate of drug-likeness (QED) is 0.703. The average Bonchev–Trinajstić information content (AvgIpc) is 2.69. The molecule has 0 aromatic heterocycles. The van der Waals surface area contributed by atoms with Crippen LogP contribution in [-0.4, -0.2) is 60.3 Å². The number of hydrogen-bond acceptors (Lipinski definition) is 4. The smallest absolute Gasteiger partial charge is 0.0791 e. The third-order valence-electron chi connectivity index (χ3n) is 2.96. The summed E-state index contributed by atoms with van der Waals surface area (Å²) < 4.78 is 0. The van der Waals surface area contributed by atoms with Crippen molar-refractivity contribution in [2.75, 3.05) is 38.2 Å². The van der Waals surface area contributed by atoms with Gasteiger partial charge in [0.1, 0.15) is 0 Å². The van der Waals surface area contributed by atoms with Crippen molar-refractivity contribution in [3.05, 3.63) is 0 Å². The van der Waals surface area contributed by atoms with Crippen molar-refractivity contribution in [1.82, 2.24) is 10.2 Å². The first-order chi connectivity index (χ1) is 7.59. The van der Waals surface area contributed by atoms with Crippen LogP contribution in [0.3, 0.4) is 0 Å². The van der Waals surface area contributed by atoms with Gasteiger partial charge >= 0.3 is 0 Å². The lowest BCUT2D eigenvalue weighted by atomic mass is 10.2. The summed E-state index contributed by atoms with van der Waals surface area (Å²) in [5, 5.41) is 13.2. The monoisotopic (exact) mass is 246 g/mol. The molecule has 96 valence electrons. The highest BCUT2D eigenvalue weighted by molar-refractivity contribution is 7.99. The maximum Gasteiger partial charge on any atom is 0.0791 e. The zero-order chi connectivity index (χ0) is 12.0. The predicted octanol–water partition coefficient (Wildman–Crippen LogP) is 1.03. The number of nitrogens with one attached hydrogen (secondary N) is 1. The second-order valence-corrected chi connectivity index (χ2v) is 6.31. The molecule has 0 spiro atoms. The molecule has 0 radical (unpaired) electrons. The second-order valence-electron chi connectivity index (χ2n) is 5.16. The van der Waals surface area contributed by atoms with Crippen molar-refractivity contribution in [3.8, 4) is 0 Å². The van der Waals surface area contributed by atoms with E-state index in [9.17, 15) is 5.11 Å². The minimum atomic E-state index is -0.241. The molecule has 0 amide bonds. The Bertz CT molecular complexity index is 184. The van der Waals surface area contributed by atoms with Crippen LogP contribution >= 0.6 is 11.8 Å². The highest BCUT2D eigenvalue weighted by Gasteiger charge is 2.21. The molecule has 2 atom stereocenters. The molecule has 1 fully saturated rings. The van der Waals surface area contributed by atoms with Gasteiger partial charge in [0.25, 0.3) is 0 Å². The van der Waals surface area contributed by atoms with Crippen LogP contribution in [0, 0.1) is 5.92 Å². The summed E-state index contributed by atoms with van der Waals surface area (Å²) >= 11 is 2.02. The average molecular weight is 246 g/mol. The van der Waals surface area contributed by atoms with Gasteiger partial charge in [0.2, 0.25) is 0 Å². The zero-order valence-corrected chi connectivity index (χ0v) is 11.6. The highest BCUT2D eigenvalue weighted by atomic mass is 32.2. The second kappa shape index (κ2) is 7.54. The first-order valence-corrected chi connectivity index (χ1v) is 7.41. The first kappa shape index (κ1) is 14.3. The Labute approximate surface area is 104 Å². The lowest BCUT2D eigenvalue weighted by Gasteiger charge is -2.26. The van der Waals surface area contributed by atoms with Crippen LogP contribution in [0.2, 0.25) is 0 Å². The molecule has 0 aromatic carbocycles. The molecule has 0 saturated carbocycles. The zero-order valence-electron chi connectivity index (χ0n) is 10.8. The number of nitrogens with zero attached hydrogens (tertiary/aromatic N) is 1. The third kappa shape index (κ3) is 5.53. The minimum Gasteiger partial charge on any atom is -0.390 e. The van der Waals surface area contributed by atoms with Gasteiger partial charge in [0.05, 0.1) is 6.10 Å². The normalized spacial score (nSPS) is 23.2. The van der Waals surface area contributed by atoms with Crippen LogP contribution in [-0.2, 0) is 0 Å². The fourth-order valence-electron chi connectivity index (χ4n) is 1.95. The summed E-state index contributed by atoms with van der Waals surface area (Å²) in [6.07, 6.45) is 1.03. The minimum absolute atomic E-state index is 0.241. The topological polar surface area (TPSA) is 35.5 Å². The van der Waals surface area contributed by atoms with Gasteiger partial charge in [-0.05, 0) is 31.7 Å². The maximum absolute atomic E-state index is 9.88. The molecule has 16 heavy (non-hydrogen) atoms. The molecular formula is C12H26N2OS. The van der Waals surface area contributed by atoms with E-state index in [1.807, 2.05) is 11.8 Å². The number of thioether (sulfide) groups is 1. The number of likely N-dealkylation sites (N-methyl/N-ethyl adjacent to an activating group) is 1. The molecule has 1 aliphatic rings. The van der Waals surface area contributed by atoms with Crippen LogP contribution < -0.4 is 5.32 Å². The fraction of sp³-hybridized carbons (Fsp3) is 1.00. The Kier molecular flexibility index (Phi) is 6.73. The molecule has 1 rings (SSSR count). The van der Waals surface area contributed by atoms with Gasteiger partial charge in [-0.3, -0.25) is 4.90 Å². The summed E-state index contributed by atoms with van der Waals surface area (Å²) in [6, 6.07) is 0.671. The molecule has 3 nitrogen and oxygen atoms in total. The van der Waals surface area contributed by atoms with Crippen LogP contribution in [0.25, 0.3) is 0 Å². The maximum atomic E-state index is 9.88. The molecule has 2 unspecified atom stereocenters. The van der Waals surface area contributed by atoms with Crippen LogP contribution in [0.5, 0.6) is 0 Å². The number of aliphatic hydroxyl groups excluding tert-OH is 1. The van der Waals surface area contributed by atoms with Crippen LogP contribution in [0.4, 0.5) is 0 Å². The summed E-state index contributed by atoms with van der Waals surface area (Å²) in [4.78, 5) is 2.31. The molecule has 0 bridgehead atoms. The van der Waals surface area contributed by atoms with Crippen molar-refractivity contribution in [2.24, 2.45) is 5.92 Å². The summed E-state index contributed by atoms with van der Waals surface area (Å²) in [5.74, 6) is 3.15. The van der Waals surface area contributed by atoms with E-state index in [4.69, 9.17) is 0 Å². The van der Waals surface area contributed by atoms with Gasteiger partial charge < -0.3 is 10.4 Å². The lowest BCUT2D eigenvalue weighted by Crippen LogP contribution is -2.41. The molecule has 1 aliphatic heterocycles. The van der Waals surface area contributed by atoms with E-state index in [1.54, 1.807) is 0 Å². The van der Waals surface area contributed by atoms with Crippen molar-refractivity contribution < 1.29 is 5.11 Å². The Morgan fingerprint density at radius 1 is 1.44 bits per heavy atom. The number of aliphatic hydroxyl groups is 1. The Morgan fingerprint density at radius 3 is 2.75 bits per heavy atom. The summed E-state index contributed by atoms with van der Waals surface area (Å²) in [7, 11) is 2.13. The molecule has 1 saturated heterocycles. The van der Waals surface area contributed by atoms with Crippen LogP contribution in [0.1, 0.15) is 20.3 Å². The lowest BCUT2D eigenvalue weighted by molar-refractivity contribution is 0.108. The molecule has 2 N–H and O–H groups in total. The third-order valence-corrected chi connectivity index (χ3v) is 4.11. The van der Waals surface area contributed by atoms with Gasteiger partial charge in [-0.25, -0.2) is 0 Å². The first-order valence-electron chi connectivity index (χ1n) is 6.26. The Hall–Kier alpha value is 0.230. The molecule has 4 heteroatoms. The fourth-order valence-corrected chi connectivity index (χ4v) is 3.25. The Morgan fingerprint density at radius 2 is 2.19 bits per heavy atom. The van der Waals surface area contributed by atoms with E-state index in [2.05, 4.69) is 31.1 Å². The van der Waals surface area contributed by atoms with Crippen molar-refractivity contribution in [2.45, 2.75) is 32.4 Å². The van der Waals surface area contributed by atoms with Crippen molar-refractivity contribution >= 4 is 11.8 Å². The van der Waals surface area contributed by atoms with Gasteiger partial charge in [0, 0.05) is 24.9 Å². The summed E-state index contributed by atoms with van der Waals surface area (Å²) in [6.45, 7) is 6.85. The van der Waals surface area contributed by atoms with Gasteiger partial charge in [0.15, 0.2) is 0 Å². The van der Waals surface area contributed by atoms with E-state index in [1.165, 1.54) is 17.9 Å². The van der Waals surface area contributed by atoms with Crippen molar-refractivity contribution in [1.29, 1.82) is 0 Å². The number of rotatable bonds is 7. The van der Waals surface area contributed by atoms with E-state index in [0.29, 0.717) is 18.5 Å². The van der Waals surface area contributed by atoms with E-state index >= 15 is 0 Å². The predicted molar refractivity (Wildman–Crippen MR) is 72.1 cm³/mol. The molecular weight excluding hydrogens is 220 g/mol. The van der Waals surface area contributed by atoms with Gasteiger partial charge in [-0.2, -0.15) is 11.8 Å². The van der Waals surface area contributed by atoms with E-state index in [0.717, 1.165) is 13.1 Å². The van der Waals surface area contributed by atoms with Gasteiger partial charge in [-0.15, -0.1) is 0 Å². The standard InChI is InChI=1S/C12H26N2OS/c1-10(2)6-13-7-12(15)8-14(3)11-4-5-16-9-11/h10-13,15H,4-9H2,1-3H3. The summed E-state index contributed by atoms with van der Waals surface area (Å²) in [5.41, 5.74) is 0. The van der Waals surface area contributed by atoms with Crippen LogP contribution in [0.15, 0.2) is 0 Å². The largest absolute Gasteiger partial charge is 0.390 e. The van der Waals surface area contributed by atoms with E-state index < -0.39 is 0 Å². The van der Waals surface area contributed by atoms with Gasteiger partial charge in [-0.1, -0.05) is 13.8 Å². The molecule has 0 aliphatic carbocycles. The molecule has 1 heterocycles. The molecule has 0 aromatic rings. The Balaban J connectivity index is 2.10. The van der Waals surface area contributed by atoms with Crippen molar-refractivity contribution in [3.63, 3.8) is 0 Å².